The second-order valence-corrected chi connectivity index (χ2v) is 5.79. The van der Waals surface area contributed by atoms with E-state index in [9.17, 15) is 4.79 Å². The van der Waals surface area contributed by atoms with Gasteiger partial charge < -0.3 is 9.64 Å². The number of carbonyl (C=O) groups is 1. The van der Waals surface area contributed by atoms with Gasteiger partial charge >= 0.3 is 0 Å². The van der Waals surface area contributed by atoms with Crippen LogP contribution in [0.4, 0.5) is 0 Å². The molecule has 2 atom stereocenters. The number of hydrogen-bond acceptors (Lipinski definition) is 3. The Morgan fingerprint density at radius 3 is 3.10 bits per heavy atom. The van der Waals surface area contributed by atoms with Crippen LogP contribution in [0.25, 0.3) is 0 Å². The first-order valence-electron chi connectivity index (χ1n) is 7.14. The number of ether oxygens (including phenoxy) is 1. The lowest BCUT2D eigenvalue weighted by atomic mass is 10.1. The van der Waals surface area contributed by atoms with Crippen molar-refractivity contribution in [3.63, 3.8) is 0 Å². The second kappa shape index (κ2) is 6.12. The van der Waals surface area contributed by atoms with Gasteiger partial charge in [0.25, 0.3) is 0 Å². The van der Waals surface area contributed by atoms with E-state index in [0.29, 0.717) is 17.7 Å². The average Bonchev–Trinajstić information content (AvgIpc) is 3.06. The molecule has 20 heavy (non-hydrogen) atoms. The van der Waals surface area contributed by atoms with Crippen LogP contribution in [-0.4, -0.2) is 36.6 Å². The standard InChI is InChI=1S/C15H19ClN2O2/c16-12-4-1-3-11(9-12)15-17-10-14(19)18(15)7-6-13-5-2-8-20-13/h1,3-4,9,13,15,17H,2,5-8,10H2. The van der Waals surface area contributed by atoms with E-state index in [0.717, 1.165) is 38.0 Å². The van der Waals surface area contributed by atoms with Crippen molar-refractivity contribution in [2.75, 3.05) is 19.7 Å². The highest BCUT2D eigenvalue weighted by Crippen LogP contribution is 2.26. The maximum atomic E-state index is 12.0. The molecule has 3 rings (SSSR count). The van der Waals surface area contributed by atoms with Gasteiger partial charge in [-0.05, 0) is 37.0 Å². The topological polar surface area (TPSA) is 41.6 Å². The summed E-state index contributed by atoms with van der Waals surface area (Å²) in [6.07, 6.45) is 3.39. The molecule has 0 spiro atoms. The number of carbonyl (C=O) groups excluding carboxylic acids is 1. The Bertz CT molecular complexity index is 489. The molecule has 108 valence electrons. The number of nitrogens with one attached hydrogen (secondary N) is 1. The molecule has 2 aliphatic heterocycles. The summed E-state index contributed by atoms with van der Waals surface area (Å²) in [5.74, 6) is 0.146. The molecule has 4 nitrogen and oxygen atoms in total. The molecule has 0 radical (unpaired) electrons. The normalized spacial score (nSPS) is 26.4. The maximum absolute atomic E-state index is 12.0. The van der Waals surface area contributed by atoms with E-state index in [-0.39, 0.29) is 12.1 Å². The second-order valence-electron chi connectivity index (χ2n) is 5.35. The number of halogens is 1. The lowest BCUT2D eigenvalue weighted by molar-refractivity contribution is -0.128. The molecule has 0 bridgehead atoms. The summed E-state index contributed by atoms with van der Waals surface area (Å²) in [7, 11) is 0. The summed E-state index contributed by atoms with van der Waals surface area (Å²) in [4.78, 5) is 13.9. The summed E-state index contributed by atoms with van der Waals surface area (Å²) in [5, 5.41) is 3.95. The van der Waals surface area contributed by atoms with Gasteiger partial charge in [0.2, 0.25) is 5.91 Å². The van der Waals surface area contributed by atoms with E-state index in [4.69, 9.17) is 16.3 Å². The van der Waals surface area contributed by atoms with Crippen molar-refractivity contribution in [2.24, 2.45) is 0 Å². The third kappa shape index (κ3) is 2.97. The fourth-order valence-electron chi connectivity index (χ4n) is 2.92. The minimum atomic E-state index is -0.0670. The van der Waals surface area contributed by atoms with Crippen molar-refractivity contribution >= 4 is 17.5 Å². The van der Waals surface area contributed by atoms with Gasteiger partial charge in [-0.2, -0.15) is 0 Å². The van der Waals surface area contributed by atoms with Crippen LogP contribution >= 0.6 is 11.6 Å². The number of benzene rings is 1. The first kappa shape index (κ1) is 13.9. The van der Waals surface area contributed by atoms with E-state index in [1.54, 1.807) is 0 Å². The minimum Gasteiger partial charge on any atom is -0.378 e. The Labute approximate surface area is 124 Å². The quantitative estimate of drug-likeness (QED) is 0.927. The molecule has 0 aromatic heterocycles. The third-order valence-corrected chi connectivity index (χ3v) is 4.19. The summed E-state index contributed by atoms with van der Waals surface area (Å²) >= 11 is 6.04. The van der Waals surface area contributed by atoms with E-state index >= 15 is 0 Å². The Morgan fingerprint density at radius 1 is 1.45 bits per heavy atom. The monoisotopic (exact) mass is 294 g/mol. The first-order valence-corrected chi connectivity index (χ1v) is 7.52. The Hall–Kier alpha value is -1.10. The minimum absolute atomic E-state index is 0.0670. The third-order valence-electron chi connectivity index (χ3n) is 3.96. The van der Waals surface area contributed by atoms with Crippen LogP contribution < -0.4 is 5.32 Å². The van der Waals surface area contributed by atoms with Crippen LogP contribution in [0.3, 0.4) is 0 Å². The Morgan fingerprint density at radius 2 is 2.35 bits per heavy atom. The van der Waals surface area contributed by atoms with Crippen LogP contribution in [0.5, 0.6) is 0 Å². The molecule has 1 N–H and O–H groups in total. The fourth-order valence-corrected chi connectivity index (χ4v) is 3.12. The lowest BCUT2D eigenvalue weighted by Gasteiger charge is -2.26. The highest BCUT2D eigenvalue weighted by molar-refractivity contribution is 6.30. The first-order chi connectivity index (χ1) is 9.74. The van der Waals surface area contributed by atoms with E-state index in [1.807, 2.05) is 29.2 Å². The van der Waals surface area contributed by atoms with Crippen molar-refractivity contribution in [1.29, 1.82) is 0 Å². The van der Waals surface area contributed by atoms with Crippen molar-refractivity contribution in [3.05, 3.63) is 34.9 Å². The van der Waals surface area contributed by atoms with Gasteiger partial charge in [-0.25, -0.2) is 0 Å². The summed E-state index contributed by atoms with van der Waals surface area (Å²) in [5.41, 5.74) is 1.04. The molecule has 2 unspecified atom stereocenters. The number of hydrogen-bond donors (Lipinski definition) is 1. The number of rotatable bonds is 4. The highest BCUT2D eigenvalue weighted by Gasteiger charge is 2.32. The van der Waals surface area contributed by atoms with Gasteiger partial charge in [0.15, 0.2) is 0 Å². The van der Waals surface area contributed by atoms with Gasteiger partial charge in [0.1, 0.15) is 6.17 Å². The molecule has 2 aliphatic rings. The molecule has 2 fully saturated rings. The van der Waals surface area contributed by atoms with Crippen molar-refractivity contribution in [3.8, 4) is 0 Å². The van der Waals surface area contributed by atoms with Crippen LogP contribution in [0.1, 0.15) is 31.0 Å². The molecule has 2 saturated heterocycles. The van der Waals surface area contributed by atoms with Gasteiger partial charge in [0.05, 0.1) is 12.6 Å². The summed E-state index contributed by atoms with van der Waals surface area (Å²) in [6.45, 7) is 1.98. The van der Waals surface area contributed by atoms with Crippen LogP contribution in [0.15, 0.2) is 24.3 Å². The van der Waals surface area contributed by atoms with E-state index in [2.05, 4.69) is 5.32 Å². The molecular weight excluding hydrogens is 276 g/mol. The zero-order valence-electron chi connectivity index (χ0n) is 11.3. The molecule has 2 heterocycles. The maximum Gasteiger partial charge on any atom is 0.238 e. The Kier molecular flexibility index (Phi) is 4.24. The summed E-state index contributed by atoms with van der Waals surface area (Å²) in [6, 6.07) is 7.68. The predicted octanol–water partition coefficient (Wildman–Crippen LogP) is 2.34. The predicted molar refractivity (Wildman–Crippen MR) is 77.5 cm³/mol. The zero-order valence-corrected chi connectivity index (χ0v) is 12.1. The molecule has 1 aromatic rings. The van der Waals surface area contributed by atoms with Crippen LogP contribution in [-0.2, 0) is 9.53 Å². The van der Waals surface area contributed by atoms with Crippen LogP contribution in [0, 0.1) is 0 Å². The zero-order chi connectivity index (χ0) is 13.9. The SMILES string of the molecule is O=C1CNC(c2cccc(Cl)c2)N1CCC1CCCO1. The average molecular weight is 295 g/mol. The molecule has 0 saturated carbocycles. The lowest BCUT2D eigenvalue weighted by Crippen LogP contribution is -2.32. The molecule has 1 amide bonds. The number of nitrogens with zero attached hydrogens (tertiary/aromatic N) is 1. The smallest absolute Gasteiger partial charge is 0.238 e. The van der Waals surface area contributed by atoms with Gasteiger partial charge in [-0.15, -0.1) is 0 Å². The Balaban J connectivity index is 1.68. The van der Waals surface area contributed by atoms with Crippen LogP contribution in [0.2, 0.25) is 5.02 Å². The molecule has 5 heteroatoms. The van der Waals surface area contributed by atoms with Gasteiger partial charge in [0, 0.05) is 18.2 Å². The van der Waals surface area contributed by atoms with Crippen molar-refractivity contribution in [1.82, 2.24) is 10.2 Å². The summed E-state index contributed by atoms with van der Waals surface area (Å²) < 4.78 is 5.63. The molecular formula is C15H19ClN2O2. The van der Waals surface area contributed by atoms with Gasteiger partial charge in [-0.1, -0.05) is 23.7 Å². The largest absolute Gasteiger partial charge is 0.378 e. The van der Waals surface area contributed by atoms with E-state index < -0.39 is 0 Å². The number of amides is 1. The van der Waals surface area contributed by atoms with Crippen molar-refractivity contribution in [2.45, 2.75) is 31.5 Å². The van der Waals surface area contributed by atoms with E-state index in [1.165, 1.54) is 0 Å². The highest BCUT2D eigenvalue weighted by atomic mass is 35.5. The van der Waals surface area contributed by atoms with Crippen molar-refractivity contribution < 1.29 is 9.53 Å². The fraction of sp³-hybridized carbons (Fsp3) is 0.533. The molecule has 0 aliphatic carbocycles. The van der Waals surface area contributed by atoms with Gasteiger partial charge in [-0.3, -0.25) is 10.1 Å². The molecule has 1 aromatic carbocycles.